The summed E-state index contributed by atoms with van der Waals surface area (Å²) in [5, 5.41) is 8.28. The van der Waals surface area contributed by atoms with Crippen LogP contribution in [0.1, 0.15) is 19.5 Å². The van der Waals surface area contributed by atoms with Gasteiger partial charge in [-0.1, -0.05) is 32.0 Å². The van der Waals surface area contributed by atoms with E-state index in [1.165, 1.54) is 0 Å². The highest BCUT2D eigenvalue weighted by Gasteiger charge is 1.96. The maximum absolute atomic E-state index is 4.19. The van der Waals surface area contributed by atoms with Gasteiger partial charge in [0.2, 0.25) is 0 Å². The third-order valence-corrected chi connectivity index (χ3v) is 1.59. The first-order chi connectivity index (χ1) is 6.86. The van der Waals surface area contributed by atoms with E-state index in [9.17, 15) is 0 Å². The number of para-hydroxylation sites is 1. The molecule has 0 atom stereocenters. The zero-order valence-electron chi connectivity index (χ0n) is 8.81. The van der Waals surface area contributed by atoms with Crippen LogP contribution in [0, 0.1) is 6.92 Å². The number of hydrogen-bond donors (Lipinski definition) is 0. The van der Waals surface area contributed by atoms with E-state index in [0.717, 1.165) is 11.4 Å². The van der Waals surface area contributed by atoms with Gasteiger partial charge in [0.25, 0.3) is 0 Å². The van der Waals surface area contributed by atoms with E-state index in [-0.39, 0.29) is 0 Å². The molecule has 0 aliphatic carbocycles. The van der Waals surface area contributed by atoms with E-state index in [1.54, 1.807) is 11.0 Å². The Morgan fingerprint density at radius 1 is 1.07 bits per heavy atom. The van der Waals surface area contributed by atoms with Gasteiger partial charge in [0.05, 0.1) is 17.6 Å². The van der Waals surface area contributed by atoms with Gasteiger partial charge in [-0.3, -0.25) is 0 Å². The number of rotatable bonds is 1. The minimum absolute atomic E-state index is 0.929. The summed E-state index contributed by atoms with van der Waals surface area (Å²) < 4.78 is 0. The summed E-state index contributed by atoms with van der Waals surface area (Å²) >= 11 is 0. The number of aryl methyl sites for hydroxylation is 1. The van der Waals surface area contributed by atoms with E-state index in [2.05, 4.69) is 10.2 Å². The molecule has 0 N–H and O–H groups in total. The van der Waals surface area contributed by atoms with Gasteiger partial charge >= 0.3 is 0 Å². The van der Waals surface area contributed by atoms with Crippen LogP contribution >= 0.6 is 0 Å². The monoisotopic (exact) mass is 189 g/mol. The molecule has 0 unspecified atom stereocenters. The lowest BCUT2D eigenvalue weighted by atomic mass is 10.3. The SMILES string of the molecule is CC.Cc1cnn(-c2ccccc2)n1. The van der Waals surface area contributed by atoms with Crippen molar-refractivity contribution in [1.29, 1.82) is 0 Å². The molecule has 1 aromatic heterocycles. The van der Waals surface area contributed by atoms with Crippen LogP contribution in [-0.2, 0) is 0 Å². The van der Waals surface area contributed by atoms with Crippen molar-refractivity contribution < 1.29 is 0 Å². The molecule has 0 saturated heterocycles. The number of aromatic nitrogens is 3. The van der Waals surface area contributed by atoms with Crippen LogP contribution in [0.15, 0.2) is 36.5 Å². The van der Waals surface area contributed by atoms with Gasteiger partial charge in [0.15, 0.2) is 0 Å². The largest absolute Gasteiger partial charge is 0.157 e. The summed E-state index contributed by atoms with van der Waals surface area (Å²) in [7, 11) is 0. The smallest absolute Gasteiger partial charge is 0.0856 e. The Balaban J connectivity index is 0.000000461. The highest BCUT2D eigenvalue weighted by molar-refractivity contribution is 5.28. The van der Waals surface area contributed by atoms with Crippen LogP contribution in [-0.4, -0.2) is 15.0 Å². The Bertz CT molecular complexity index is 365. The van der Waals surface area contributed by atoms with Gasteiger partial charge in [-0.05, 0) is 19.1 Å². The second-order valence-corrected chi connectivity index (χ2v) is 2.61. The molecule has 2 aromatic rings. The molecule has 1 aromatic carbocycles. The lowest BCUT2D eigenvalue weighted by molar-refractivity contribution is 0.746. The Morgan fingerprint density at radius 2 is 1.71 bits per heavy atom. The third-order valence-electron chi connectivity index (χ3n) is 1.59. The molecule has 0 spiro atoms. The molecule has 0 saturated carbocycles. The molecule has 0 fully saturated rings. The molecule has 0 radical (unpaired) electrons. The number of nitrogens with zero attached hydrogens (tertiary/aromatic N) is 3. The van der Waals surface area contributed by atoms with Crippen LogP contribution in [0.5, 0.6) is 0 Å². The zero-order valence-corrected chi connectivity index (χ0v) is 8.81. The first kappa shape index (κ1) is 10.4. The molecule has 74 valence electrons. The zero-order chi connectivity index (χ0) is 10.4. The molecular weight excluding hydrogens is 174 g/mol. The summed E-state index contributed by atoms with van der Waals surface area (Å²) in [6.45, 7) is 5.92. The topological polar surface area (TPSA) is 30.7 Å². The van der Waals surface area contributed by atoms with E-state index < -0.39 is 0 Å². The van der Waals surface area contributed by atoms with Gasteiger partial charge in [-0.15, -0.1) is 0 Å². The number of benzene rings is 1. The van der Waals surface area contributed by atoms with Crippen molar-refractivity contribution in [2.45, 2.75) is 20.8 Å². The Hall–Kier alpha value is -1.64. The first-order valence-corrected chi connectivity index (χ1v) is 4.80. The summed E-state index contributed by atoms with van der Waals surface area (Å²) in [6.07, 6.45) is 1.74. The van der Waals surface area contributed by atoms with Crippen molar-refractivity contribution in [3.8, 4) is 5.69 Å². The summed E-state index contributed by atoms with van der Waals surface area (Å²) in [5.74, 6) is 0. The Morgan fingerprint density at radius 3 is 2.21 bits per heavy atom. The highest BCUT2D eigenvalue weighted by Crippen LogP contribution is 2.02. The minimum atomic E-state index is 0.929. The maximum atomic E-state index is 4.19. The van der Waals surface area contributed by atoms with Crippen molar-refractivity contribution in [2.75, 3.05) is 0 Å². The highest BCUT2D eigenvalue weighted by atomic mass is 15.5. The van der Waals surface area contributed by atoms with Gasteiger partial charge in [-0.2, -0.15) is 15.0 Å². The third kappa shape index (κ3) is 2.42. The molecule has 0 aliphatic heterocycles. The van der Waals surface area contributed by atoms with Crippen molar-refractivity contribution in [3.05, 3.63) is 42.2 Å². The molecule has 3 nitrogen and oxygen atoms in total. The van der Waals surface area contributed by atoms with Crippen molar-refractivity contribution in [1.82, 2.24) is 15.0 Å². The van der Waals surface area contributed by atoms with Crippen LogP contribution in [0.2, 0.25) is 0 Å². The molecule has 14 heavy (non-hydrogen) atoms. The predicted molar refractivity (Wildman–Crippen MR) is 57.4 cm³/mol. The molecule has 3 heteroatoms. The van der Waals surface area contributed by atoms with Crippen LogP contribution in [0.3, 0.4) is 0 Å². The molecular formula is C11H15N3. The first-order valence-electron chi connectivity index (χ1n) is 4.80. The number of hydrogen-bond acceptors (Lipinski definition) is 2. The molecule has 0 bridgehead atoms. The second kappa shape index (κ2) is 5.17. The van der Waals surface area contributed by atoms with E-state index in [0.29, 0.717) is 0 Å². The van der Waals surface area contributed by atoms with Crippen LogP contribution in [0.25, 0.3) is 5.69 Å². The fourth-order valence-electron chi connectivity index (χ4n) is 1.03. The molecule has 0 aliphatic rings. The van der Waals surface area contributed by atoms with E-state index in [4.69, 9.17) is 0 Å². The minimum Gasteiger partial charge on any atom is -0.157 e. The standard InChI is InChI=1S/C9H9N3.C2H6/c1-8-7-10-12(11-8)9-5-3-2-4-6-9;1-2/h2-7H,1H3;1-2H3. The molecule has 2 rings (SSSR count). The van der Waals surface area contributed by atoms with Crippen LogP contribution < -0.4 is 0 Å². The fraction of sp³-hybridized carbons (Fsp3) is 0.273. The maximum Gasteiger partial charge on any atom is 0.0856 e. The normalized spacial score (nSPS) is 9.07. The van der Waals surface area contributed by atoms with E-state index in [1.807, 2.05) is 51.1 Å². The average molecular weight is 189 g/mol. The average Bonchev–Trinajstić information content (AvgIpc) is 2.69. The Labute approximate surface area is 84.4 Å². The van der Waals surface area contributed by atoms with Gasteiger partial charge in [0.1, 0.15) is 0 Å². The summed E-state index contributed by atoms with van der Waals surface area (Å²) in [4.78, 5) is 1.62. The fourth-order valence-corrected chi connectivity index (χ4v) is 1.03. The van der Waals surface area contributed by atoms with Crippen molar-refractivity contribution in [2.24, 2.45) is 0 Å². The second-order valence-electron chi connectivity index (χ2n) is 2.61. The molecule has 1 heterocycles. The van der Waals surface area contributed by atoms with Crippen molar-refractivity contribution in [3.63, 3.8) is 0 Å². The quantitative estimate of drug-likeness (QED) is 0.690. The lowest BCUT2D eigenvalue weighted by Crippen LogP contribution is -1.97. The van der Waals surface area contributed by atoms with E-state index >= 15 is 0 Å². The van der Waals surface area contributed by atoms with Gasteiger partial charge in [0, 0.05) is 0 Å². The Kier molecular flexibility index (Phi) is 3.85. The molecule has 0 amide bonds. The summed E-state index contributed by atoms with van der Waals surface area (Å²) in [5.41, 5.74) is 1.92. The lowest BCUT2D eigenvalue weighted by Gasteiger charge is -1.96. The summed E-state index contributed by atoms with van der Waals surface area (Å²) in [6, 6.07) is 9.85. The van der Waals surface area contributed by atoms with Crippen molar-refractivity contribution >= 4 is 0 Å². The van der Waals surface area contributed by atoms with Gasteiger partial charge < -0.3 is 0 Å². The van der Waals surface area contributed by atoms with Gasteiger partial charge in [-0.25, -0.2) is 0 Å². The van der Waals surface area contributed by atoms with Crippen LogP contribution in [0.4, 0.5) is 0 Å². The predicted octanol–water partition coefficient (Wildman–Crippen LogP) is 2.60.